The summed E-state index contributed by atoms with van der Waals surface area (Å²) in [6.45, 7) is 0.300. The first-order valence-corrected chi connectivity index (χ1v) is 11.6. The average molecular weight is 497 g/mol. The predicted molar refractivity (Wildman–Crippen MR) is 131 cm³/mol. The number of carbonyl (C=O) groups excluding carboxylic acids is 2. The largest absolute Gasteiger partial charge is 0.495 e. The molecule has 4 rings (SSSR count). The van der Waals surface area contributed by atoms with E-state index in [4.69, 9.17) is 20.8 Å². The molecule has 0 bridgehead atoms. The van der Waals surface area contributed by atoms with Gasteiger partial charge in [-0.15, -0.1) is 0 Å². The number of carbonyl (C=O) groups is 2. The highest BCUT2D eigenvalue weighted by atomic mass is 35.5. The fourth-order valence-electron chi connectivity index (χ4n) is 3.17. The van der Waals surface area contributed by atoms with Crippen LogP contribution in [0.5, 0.6) is 5.75 Å². The van der Waals surface area contributed by atoms with Crippen molar-refractivity contribution in [3.8, 4) is 11.4 Å². The molecule has 0 unspecified atom stereocenters. The van der Waals surface area contributed by atoms with E-state index >= 15 is 0 Å². The Hall–Kier alpha value is -3.69. The van der Waals surface area contributed by atoms with Gasteiger partial charge in [-0.25, -0.2) is 4.98 Å². The van der Waals surface area contributed by atoms with Crippen molar-refractivity contribution in [1.29, 1.82) is 0 Å². The van der Waals surface area contributed by atoms with Gasteiger partial charge in [0.1, 0.15) is 11.5 Å². The van der Waals surface area contributed by atoms with Gasteiger partial charge < -0.3 is 19.8 Å². The number of imidazole rings is 1. The zero-order valence-electron chi connectivity index (χ0n) is 18.2. The van der Waals surface area contributed by atoms with Crippen molar-refractivity contribution < 1.29 is 18.7 Å². The monoisotopic (exact) mass is 496 g/mol. The number of thioether (sulfide) groups is 1. The van der Waals surface area contributed by atoms with Gasteiger partial charge in [-0.3, -0.25) is 14.2 Å². The molecule has 0 saturated carbocycles. The van der Waals surface area contributed by atoms with Gasteiger partial charge in [0.15, 0.2) is 5.16 Å². The lowest BCUT2D eigenvalue weighted by Gasteiger charge is -2.11. The van der Waals surface area contributed by atoms with E-state index in [1.54, 1.807) is 67.2 Å². The Bertz CT molecular complexity index is 1290. The van der Waals surface area contributed by atoms with Crippen LogP contribution >= 0.6 is 23.4 Å². The molecule has 0 saturated heterocycles. The van der Waals surface area contributed by atoms with Gasteiger partial charge in [0.25, 0.3) is 5.91 Å². The molecule has 2 aromatic carbocycles. The topological polar surface area (TPSA) is 98.4 Å². The molecule has 2 amide bonds. The summed E-state index contributed by atoms with van der Waals surface area (Å²) in [6.07, 6.45) is 4.98. The lowest BCUT2D eigenvalue weighted by atomic mass is 10.2. The molecule has 2 heterocycles. The molecule has 8 nitrogen and oxygen atoms in total. The number of hydrogen-bond donors (Lipinski definition) is 2. The van der Waals surface area contributed by atoms with E-state index < -0.39 is 0 Å². The molecular weight excluding hydrogens is 476 g/mol. The minimum absolute atomic E-state index is 0.121. The molecular formula is C24H21ClN4O4S. The van der Waals surface area contributed by atoms with Crippen molar-refractivity contribution in [2.75, 3.05) is 18.2 Å². The van der Waals surface area contributed by atoms with Gasteiger partial charge in [-0.1, -0.05) is 29.4 Å². The molecule has 34 heavy (non-hydrogen) atoms. The predicted octanol–water partition coefficient (Wildman–Crippen LogP) is 4.79. The van der Waals surface area contributed by atoms with E-state index in [9.17, 15) is 9.59 Å². The van der Waals surface area contributed by atoms with Crippen LogP contribution in [0.4, 0.5) is 5.69 Å². The summed E-state index contributed by atoms with van der Waals surface area (Å²) < 4.78 is 12.3. The van der Waals surface area contributed by atoms with Crippen molar-refractivity contribution >= 4 is 40.9 Å². The maximum atomic E-state index is 12.6. The molecule has 10 heteroatoms. The first-order valence-electron chi connectivity index (χ1n) is 10.2. The number of benzene rings is 2. The molecule has 0 fully saturated rings. The Morgan fingerprint density at radius 2 is 2.06 bits per heavy atom. The van der Waals surface area contributed by atoms with Crippen molar-refractivity contribution in [3.63, 3.8) is 0 Å². The number of rotatable bonds is 9. The fourth-order valence-corrected chi connectivity index (χ4v) is 4.11. The lowest BCUT2D eigenvalue weighted by molar-refractivity contribution is -0.113. The highest BCUT2D eigenvalue weighted by Crippen LogP contribution is 2.28. The van der Waals surface area contributed by atoms with Crippen molar-refractivity contribution in [2.45, 2.75) is 11.7 Å². The summed E-state index contributed by atoms with van der Waals surface area (Å²) in [5.74, 6) is 0.863. The second kappa shape index (κ2) is 11.0. The number of aromatic nitrogens is 2. The second-order valence-electron chi connectivity index (χ2n) is 7.07. The zero-order valence-corrected chi connectivity index (χ0v) is 19.7. The Balaban J connectivity index is 1.41. The zero-order chi connectivity index (χ0) is 23.9. The SMILES string of the molecule is COc1ccc(Cl)cc1NC(=O)CSc1nccn1-c1cccc(C(=O)NCc2ccco2)c1. The van der Waals surface area contributed by atoms with Crippen LogP contribution in [0.2, 0.25) is 5.02 Å². The van der Waals surface area contributed by atoms with Crippen LogP contribution in [-0.2, 0) is 11.3 Å². The van der Waals surface area contributed by atoms with Gasteiger partial charge >= 0.3 is 0 Å². The number of nitrogens with zero attached hydrogens (tertiary/aromatic N) is 2. The third-order valence-corrected chi connectivity index (χ3v) is 5.97. The smallest absolute Gasteiger partial charge is 0.251 e. The van der Waals surface area contributed by atoms with Crippen LogP contribution in [0, 0.1) is 0 Å². The van der Waals surface area contributed by atoms with Gasteiger partial charge in [0.2, 0.25) is 5.91 Å². The number of hydrogen-bond acceptors (Lipinski definition) is 6. The molecule has 0 aliphatic rings. The minimum atomic E-state index is -0.230. The number of anilines is 1. The summed E-state index contributed by atoms with van der Waals surface area (Å²) in [7, 11) is 1.52. The van der Waals surface area contributed by atoms with Crippen molar-refractivity contribution in [2.24, 2.45) is 0 Å². The molecule has 0 aliphatic carbocycles. The third kappa shape index (κ3) is 5.81. The van der Waals surface area contributed by atoms with Gasteiger partial charge in [-0.05, 0) is 48.5 Å². The number of methoxy groups -OCH3 is 1. The number of furan rings is 1. The summed E-state index contributed by atoms with van der Waals surface area (Å²) >= 11 is 7.30. The number of halogens is 1. The molecule has 0 atom stereocenters. The molecule has 2 aromatic heterocycles. The van der Waals surface area contributed by atoms with Gasteiger partial charge in [-0.2, -0.15) is 0 Å². The number of nitrogens with one attached hydrogen (secondary N) is 2. The van der Waals surface area contributed by atoms with Crippen LogP contribution in [0.3, 0.4) is 0 Å². The van der Waals surface area contributed by atoms with E-state index in [0.29, 0.717) is 39.5 Å². The average Bonchev–Trinajstić information content (AvgIpc) is 3.53. The van der Waals surface area contributed by atoms with Crippen molar-refractivity contribution in [1.82, 2.24) is 14.9 Å². The second-order valence-corrected chi connectivity index (χ2v) is 8.45. The third-order valence-electron chi connectivity index (χ3n) is 4.76. The van der Waals surface area contributed by atoms with E-state index in [2.05, 4.69) is 15.6 Å². The summed E-state index contributed by atoms with van der Waals surface area (Å²) in [5.41, 5.74) is 1.75. The van der Waals surface area contributed by atoms with Crippen LogP contribution < -0.4 is 15.4 Å². The summed E-state index contributed by atoms with van der Waals surface area (Å²) in [4.78, 5) is 29.4. The van der Waals surface area contributed by atoms with Crippen molar-refractivity contribution in [3.05, 3.63) is 89.6 Å². The Morgan fingerprint density at radius 1 is 1.18 bits per heavy atom. The van der Waals surface area contributed by atoms with Gasteiger partial charge in [0, 0.05) is 28.7 Å². The quantitative estimate of drug-likeness (QED) is 0.323. The maximum absolute atomic E-state index is 12.6. The molecule has 0 radical (unpaired) electrons. The molecule has 4 aromatic rings. The lowest BCUT2D eigenvalue weighted by Crippen LogP contribution is -2.22. The molecule has 0 aliphatic heterocycles. The van der Waals surface area contributed by atoms with Crippen LogP contribution in [0.1, 0.15) is 16.1 Å². The van der Waals surface area contributed by atoms with Gasteiger partial charge in [0.05, 0.1) is 31.4 Å². The van der Waals surface area contributed by atoms with E-state index in [1.165, 1.54) is 18.9 Å². The summed E-state index contributed by atoms with van der Waals surface area (Å²) in [6, 6.07) is 15.7. The highest BCUT2D eigenvalue weighted by Gasteiger charge is 2.13. The molecule has 2 N–H and O–H groups in total. The normalized spacial score (nSPS) is 10.6. The van der Waals surface area contributed by atoms with E-state index in [0.717, 1.165) is 5.69 Å². The Morgan fingerprint density at radius 3 is 2.85 bits per heavy atom. The fraction of sp³-hybridized carbons (Fsp3) is 0.125. The number of amides is 2. The van der Waals surface area contributed by atoms with Crippen LogP contribution in [0.25, 0.3) is 5.69 Å². The standard InChI is InChI=1S/C24H21ClN4O4S/c1-32-21-8-7-17(25)13-20(21)28-22(30)15-34-24-26-9-10-29(24)18-5-2-4-16(12-18)23(31)27-14-19-6-3-11-33-19/h2-13H,14-15H2,1H3,(H,27,31)(H,28,30). The minimum Gasteiger partial charge on any atom is -0.495 e. The molecule has 174 valence electrons. The Labute approximate surface area is 205 Å². The first kappa shape index (κ1) is 23.5. The van der Waals surface area contributed by atoms with E-state index in [-0.39, 0.29) is 17.6 Å². The van der Waals surface area contributed by atoms with E-state index in [1.807, 2.05) is 10.6 Å². The van der Waals surface area contributed by atoms with Crippen LogP contribution in [-0.4, -0.2) is 34.2 Å². The number of ether oxygens (including phenoxy) is 1. The molecule has 0 spiro atoms. The Kier molecular flexibility index (Phi) is 7.56. The van der Waals surface area contributed by atoms with Crippen LogP contribution in [0.15, 0.2) is 82.8 Å². The maximum Gasteiger partial charge on any atom is 0.251 e. The highest BCUT2D eigenvalue weighted by molar-refractivity contribution is 7.99. The first-order chi connectivity index (χ1) is 16.5. The summed E-state index contributed by atoms with van der Waals surface area (Å²) in [5, 5.41) is 6.74.